The number of amides is 1. The minimum atomic E-state index is 0.105. The van der Waals surface area contributed by atoms with Gasteiger partial charge in [0, 0.05) is 43.0 Å². The van der Waals surface area contributed by atoms with E-state index in [2.05, 4.69) is 33.6 Å². The van der Waals surface area contributed by atoms with Crippen molar-refractivity contribution in [3.63, 3.8) is 0 Å². The number of para-hydroxylation sites is 1. The van der Waals surface area contributed by atoms with Crippen LogP contribution >= 0.6 is 0 Å². The SMILES string of the molecule is [B]c1cnn2c(NCC3CCN(C(=O)c4ccccc4Cc4ccccc4)CC3)cc(-c3ccccc3O)nc12. The van der Waals surface area contributed by atoms with E-state index in [9.17, 15) is 9.90 Å². The summed E-state index contributed by atoms with van der Waals surface area (Å²) in [6.45, 7) is 2.16. The Bertz CT molecular complexity index is 1640. The van der Waals surface area contributed by atoms with Crippen molar-refractivity contribution in [3.8, 4) is 17.0 Å². The fourth-order valence-electron chi connectivity index (χ4n) is 5.39. The highest BCUT2D eigenvalue weighted by atomic mass is 16.3. The van der Waals surface area contributed by atoms with Crippen molar-refractivity contribution >= 4 is 30.7 Å². The number of likely N-dealkylation sites (tertiary alicyclic amines) is 1. The van der Waals surface area contributed by atoms with Gasteiger partial charge in [0.1, 0.15) is 19.4 Å². The van der Waals surface area contributed by atoms with E-state index in [1.54, 1.807) is 22.8 Å². The van der Waals surface area contributed by atoms with Gasteiger partial charge in [0.15, 0.2) is 5.65 Å². The van der Waals surface area contributed by atoms with Crippen LogP contribution in [0.1, 0.15) is 34.3 Å². The van der Waals surface area contributed by atoms with Crippen molar-refractivity contribution in [1.82, 2.24) is 19.5 Å². The summed E-state index contributed by atoms with van der Waals surface area (Å²) in [5, 5.41) is 18.3. The summed E-state index contributed by atoms with van der Waals surface area (Å²) >= 11 is 0. The van der Waals surface area contributed by atoms with Crippen LogP contribution in [-0.4, -0.2) is 58.0 Å². The summed E-state index contributed by atoms with van der Waals surface area (Å²) in [6.07, 6.45) is 4.13. The van der Waals surface area contributed by atoms with E-state index in [0.29, 0.717) is 41.4 Å². The Labute approximate surface area is 234 Å². The Morgan fingerprint density at radius 3 is 2.50 bits per heavy atom. The molecule has 1 amide bonds. The summed E-state index contributed by atoms with van der Waals surface area (Å²) in [6, 6.07) is 27.2. The predicted molar refractivity (Wildman–Crippen MR) is 158 cm³/mol. The van der Waals surface area contributed by atoms with Crippen LogP contribution in [0.25, 0.3) is 16.9 Å². The molecule has 0 atom stereocenters. The van der Waals surface area contributed by atoms with Gasteiger partial charge in [-0.25, -0.2) is 4.98 Å². The first kappa shape index (κ1) is 25.7. The molecule has 6 rings (SSSR count). The van der Waals surface area contributed by atoms with Gasteiger partial charge in [0.2, 0.25) is 0 Å². The van der Waals surface area contributed by atoms with Gasteiger partial charge < -0.3 is 15.3 Å². The molecule has 3 aromatic carbocycles. The minimum absolute atomic E-state index is 0.105. The highest BCUT2D eigenvalue weighted by molar-refractivity contribution is 6.36. The molecule has 0 bridgehead atoms. The lowest BCUT2D eigenvalue weighted by atomic mass is 9.94. The lowest BCUT2D eigenvalue weighted by molar-refractivity contribution is 0.0694. The summed E-state index contributed by atoms with van der Waals surface area (Å²) in [7, 11) is 6.14. The van der Waals surface area contributed by atoms with Gasteiger partial charge in [-0.05, 0) is 60.0 Å². The summed E-state index contributed by atoms with van der Waals surface area (Å²) in [5.41, 5.74) is 5.31. The van der Waals surface area contributed by atoms with Crippen LogP contribution < -0.4 is 10.8 Å². The molecule has 2 N–H and O–H groups in total. The van der Waals surface area contributed by atoms with E-state index in [4.69, 9.17) is 7.85 Å². The van der Waals surface area contributed by atoms with Crippen LogP contribution in [0.5, 0.6) is 5.75 Å². The molecule has 7 nitrogen and oxygen atoms in total. The number of hydrogen-bond acceptors (Lipinski definition) is 5. The molecule has 1 aliphatic rings. The number of carbonyl (C=O) groups is 1. The average molecular weight is 527 g/mol. The van der Waals surface area contributed by atoms with Crippen LogP contribution in [0.15, 0.2) is 91.1 Å². The van der Waals surface area contributed by atoms with Crippen molar-refractivity contribution in [1.29, 1.82) is 0 Å². The van der Waals surface area contributed by atoms with E-state index in [0.717, 1.165) is 42.8 Å². The molecule has 0 aliphatic carbocycles. The molecule has 40 heavy (non-hydrogen) atoms. The van der Waals surface area contributed by atoms with Crippen LogP contribution in [0.2, 0.25) is 0 Å². The minimum Gasteiger partial charge on any atom is -0.507 e. The van der Waals surface area contributed by atoms with E-state index < -0.39 is 0 Å². The normalized spacial score (nSPS) is 13.9. The molecule has 8 heteroatoms. The molecule has 198 valence electrons. The molecule has 1 fully saturated rings. The first-order valence-electron chi connectivity index (χ1n) is 13.6. The quantitative estimate of drug-likeness (QED) is 0.306. The molecule has 2 aromatic heterocycles. The second-order valence-corrected chi connectivity index (χ2v) is 10.3. The maximum absolute atomic E-state index is 13.5. The summed E-state index contributed by atoms with van der Waals surface area (Å²) < 4.78 is 1.70. The number of fused-ring (bicyclic) bond motifs is 1. The molecular weight excluding hydrogens is 497 g/mol. The number of aromatic nitrogens is 3. The number of rotatable bonds is 7. The van der Waals surface area contributed by atoms with Gasteiger partial charge in [-0.1, -0.05) is 60.7 Å². The standard InChI is InChI=1S/C32H30BN5O2/c33-27-21-35-38-30(19-28(36-31(27)38)26-12-6-7-13-29(26)39)34-20-23-14-16-37(17-15-23)32(40)25-11-5-4-10-24(25)18-22-8-2-1-3-9-22/h1-13,19,21,23,34,39H,14-18,20H2. The van der Waals surface area contributed by atoms with Crippen molar-refractivity contribution in [2.24, 2.45) is 5.92 Å². The number of piperidine rings is 1. The average Bonchev–Trinajstić information content (AvgIpc) is 3.37. The second-order valence-electron chi connectivity index (χ2n) is 10.3. The topological polar surface area (TPSA) is 82.8 Å². The number of nitrogens with zero attached hydrogens (tertiary/aromatic N) is 4. The van der Waals surface area contributed by atoms with Crippen LogP contribution in [0.3, 0.4) is 0 Å². The largest absolute Gasteiger partial charge is 0.507 e. The zero-order valence-electron chi connectivity index (χ0n) is 22.2. The van der Waals surface area contributed by atoms with Gasteiger partial charge >= 0.3 is 0 Å². The third kappa shape index (κ3) is 5.30. The third-order valence-corrected chi connectivity index (χ3v) is 7.64. The molecule has 0 saturated carbocycles. The number of benzene rings is 3. The smallest absolute Gasteiger partial charge is 0.254 e. The van der Waals surface area contributed by atoms with Crippen molar-refractivity contribution in [3.05, 3.63) is 108 Å². The van der Waals surface area contributed by atoms with E-state index in [-0.39, 0.29) is 11.7 Å². The first-order chi connectivity index (χ1) is 19.6. The Morgan fingerprint density at radius 1 is 0.975 bits per heavy atom. The van der Waals surface area contributed by atoms with Gasteiger partial charge in [-0.2, -0.15) is 9.61 Å². The molecular formula is C32H30BN5O2. The maximum Gasteiger partial charge on any atom is 0.254 e. The summed E-state index contributed by atoms with van der Waals surface area (Å²) in [5.74, 6) is 1.42. The van der Waals surface area contributed by atoms with Crippen molar-refractivity contribution in [2.45, 2.75) is 19.3 Å². The Kier molecular flexibility index (Phi) is 7.23. The second kappa shape index (κ2) is 11.3. The number of hydrogen-bond donors (Lipinski definition) is 2. The van der Waals surface area contributed by atoms with Gasteiger partial charge in [-0.15, -0.1) is 0 Å². The molecule has 2 radical (unpaired) electrons. The summed E-state index contributed by atoms with van der Waals surface area (Å²) in [4.78, 5) is 20.1. The van der Waals surface area contributed by atoms with Gasteiger partial charge in [0.25, 0.3) is 5.91 Å². The molecule has 0 unspecified atom stereocenters. The molecule has 0 spiro atoms. The Hall–Kier alpha value is -4.59. The highest BCUT2D eigenvalue weighted by Gasteiger charge is 2.25. The number of phenolic OH excluding ortho intramolecular Hbond substituents is 1. The molecule has 3 heterocycles. The molecule has 1 aliphatic heterocycles. The lowest BCUT2D eigenvalue weighted by Gasteiger charge is -2.32. The number of anilines is 1. The van der Waals surface area contributed by atoms with Crippen molar-refractivity contribution in [2.75, 3.05) is 25.0 Å². The van der Waals surface area contributed by atoms with Gasteiger partial charge in [0.05, 0.1) is 5.69 Å². The third-order valence-electron chi connectivity index (χ3n) is 7.64. The number of aromatic hydroxyl groups is 1. The highest BCUT2D eigenvalue weighted by Crippen LogP contribution is 2.30. The van der Waals surface area contributed by atoms with Gasteiger partial charge in [-0.3, -0.25) is 4.79 Å². The lowest BCUT2D eigenvalue weighted by Crippen LogP contribution is -2.40. The monoisotopic (exact) mass is 527 g/mol. The maximum atomic E-state index is 13.5. The fraction of sp³-hybridized carbons (Fsp3) is 0.219. The van der Waals surface area contributed by atoms with E-state index >= 15 is 0 Å². The van der Waals surface area contributed by atoms with Crippen LogP contribution in [0, 0.1) is 5.92 Å². The molecule has 1 saturated heterocycles. The first-order valence-corrected chi connectivity index (χ1v) is 13.6. The predicted octanol–water partition coefficient (Wildman–Crippen LogP) is 4.45. The zero-order chi connectivity index (χ0) is 27.5. The van der Waals surface area contributed by atoms with Crippen LogP contribution in [0.4, 0.5) is 5.82 Å². The van der Waals surface area contributed by atoms with E-state index in [1.807, 2.05) is 59.5 Å². The number of carbonyl (C=O) groups excluding carboxylic acids is 1. The Balaban J connectivity index is 1.12. The number of nitrogens with one attached hydrogen (secondary N) is 1. The van der Waals surface area contributed by atoms with E-state index in [1.165, 1.54) is 5.56 Å². The fourth-order valence-corrected chi connectivity index (χ4v) is 5.39. The van der Waals surface area contributed by atoms with Crippen molar-refractivity contribution < 1.29 is 9.90 Å². The Morgan fingerprint density at radius 2 is 1.70 bits per heavy atom. The zero-order valence-corrected chi connectivity index (χ0v) is 22.2. The molecule has 5 aromatic rings. The number of phenols is 1. The van der Waals surface area contributed by atoms with Crippen LogP contribution in [-0.2, 0) is 6.42 Å².